The molecule has 2 heterocycles. The van der Waals surface area contributed by atoms with Gasteiger partial charge in [-0.25, -0.2) is 0 Å². The third-order valence-electron chi connectivity index (χ3n) is 4.16. The second kappa shape index (κ2) is 8.23. The number of rotatable bonds is 4. The van der Waals surface area contributed by atoms with Gasteiger partial charge < -0.3 is 25.0 Å². The third kappa shape index (κ3) is 4.53. The van der Waals surface area contributed by atoms with Crippen LogP contribution >= 0.6 is 0 Å². The van der Waals surface area contributed by atoms with Crippen molar-refractivity contribution in [3.63, 3.8) is 0 Å². The van der Waals surface area contributed by atoms with E-state index in [9.17, 15) is 9.59 Å². The molecule has 0 bridgehead atoms. The minimum absolute atomic E-state index is 0.108. The Morgan fingerprint density at radius 3 is 2.58 bits per heavy atom. The van der Waals surface area contributed by atoms with Crippen LogP contribution in [0.2, 0.25) is 0 Å². The largest absolute Gasteiger partial charge is 0.378 e. The molecule has 2 aliphatic heterocycles. The van der Waals surface area contributed by atoms with Crippen molar-refractivity contribution >= 4 is 17.5 Å². The van der Waals surface area contributed by atoms with Crippen molar-refractivity contribution in [2.75, 3.05) is 51.3 Å². The number of carbonyl (C=O) groups is 2. The van der Waals surface area contributed by atoms with Crippen LogP contribution < -0.4 is 10.6 Å². The van der Waals surface area contributed by atoms with Gasteiger partial charge in [-0.15, -0.1) is 0 Å². The Morgan fingerprint density at radius 2 is 1.92 bits per heavy atom. The molecule has 1 atom stereocenters. The zero-order valence-electron chi connectivity index (χ0n) is 13.6. The van der Waals surface area contributed by atoms with Gasteiger partial charge in [-0.3, -0.25) is 9.59 Å². The van der Waals surface area contributed by atoms with Crippen LogP contribution in [-0.2, 0) is 25.5 Å². The molecule has 0 aromatic heterocycles. The summed E-state index contributed by atoms with van der Waals surface area (Å²) >= 11 is 0. The number of nitrogens with zero attached hydrogens (tertiary/aromatic N) is 1. The van der Waals surface area contributed by atoms with Crippen molar-refractivity contribution in [3.8, 4) is 0 Å². The van der Waals surface area contributed by atoms with E-state index in [-0.39, 0.29) is 11.8 Å². The quantitative estimate of drug-likeness (QED) is 0.812. The Bertz CT molecular complexity index is 513. The second-order valence-electron chi connectivity index (χ2n) is 5.92. The van der Waals surface area contributed by atoms with Crippen molar-refractivity contribution in [1.29, 1.82) is 0 Å². The molecule has 1 unspecified atom stereocenters. The van der Waals surface area contributed by atoms with Crippen LogP contribution in [0, 0.1) is 0 Å². The maximum Gasteiger partial charge on any atom is 0.254 e. The van der Waals surface area contributed by atoms with Gasteiger partial charge in [0.05, 0.1) is 26.2 Å². The number of carbonyl (C=O) groups excluding carboxylic acids is 2. The minimum Gasteiger partial charge on any atom is -0.378 e. The molecule has 1 aromatic rings. The van der Waals surface area contributed by atoms with E-state index in [4.69, 9.17) is 9.47 Å². The number of morpholine rings is 2. The molecule has 7 nitrogen and oxygen atoms in total. The van der Waals surface area contributed by atoms with Crippen LogP contribution in [0.5, 0.6) is 0 Å². The molecule has 0 spiro atoms. The number of ether oxygens (including phenoxy) is 2. The van der Waals surface area contributed by atoms with Gasteiger partial charge >= 0.3 is 0 Å². The lowest BCUT2D eigenvalue weighted by atomic mass is 10.1. The lowest BCUT2D eigenvalue weighted by Gasteiger charge is -2.26. The molecular formula is C17H23N3O4. The Balaban J connectivity index is 1.51. The maximum atomic E-state index is 12.2. The second-order valence-corrected chi connectivity index (χ2v) is 5.92. The summed E-state index contributed by atoms with van der Waals surface area (Å²) in [5.74, 6) is -0.0453. The first kappa shape index (κ1) is 16.9. The fourth-order valence-corrected chi connectivity index (χ4v) is 2.76. The highest BCUT2D eigenvalue weighted by Gasteiger charge is 2.22. The molecule has 1 aromatic carbocycles. The van der Waals surface area contributed by atoms with Gasteiger partial charge in [-0.1, -0.05) is 12.1 Å². The summed E-state index contributed by atoms with van der Waals surface area (Å²) in [6, 6.07) is 7.37. The van der Waals surface area contributed by atoms with Gasteiger partial charge in [0.2, 0.25) is 5.91 Å². The van der Waals surface area contributed by atoms with Gasteiger partial charge in [0.15, 0.2) is 0 Å². The summed E-state index contributed by atoms with van der Waals surface area (Å²) in [6.07, 6.45) is -0.0921. The first-order valence-corrected chi connectivity index (χ1v) is 8.30. The number of benzene rings is 1. The lowest BCUT2D eigenvalue weighted by molar-refractivity contribution is -0.134. The summed E-state index contributed by atoms with van der Waals surface area (Å²) in [5.41, 5.74) is 1.64. The predicted molar refractivity (Wildman–Crippen MR) is 88.8 cm³/mol. The van der Waals surface area contributed by atoms with E-state index >= 15 is 0 Å². The Kier molecular flexibility index (Phi) is 5.79. The lowest BCUT2D eigenvalue weighted by Crippen LogP contribution is -2.45. The number of hydrogen-bond donors (Lipinski definition) is 2. The summed E-state index contributed by atoms with van der Waals surface area (Å²) < 4.78 is 10.7. The van der Waals surface area contributed by atoms with Gasteiger partial charge in [-0.2, -0.15) is 0 Å². The molecule has 3 rings (SSSR count). The molecule has 0 aliphatic carbocycles. The van der Waals surface area contributed by atoms with E-state index in [0.29, 0.717) is 51.6 Å². The topological polar surface area (TPSA) is 79.9 Å². The molecular weight excluding hydrogens is 310 g/mol. The maximum absolute atomic E-state index is 12.2. The molecule has 2 aliphatic rings. The van der Waals surface area contributed by atoms with Crippen molar-refractivity contribution in [3.05, 3.63) is 29.8 Å². The van der Waals surface area contributed by atoms with Gasteiger partial charge in [0, 0.05) is 31.9 Å². The van der Waals surface area contributed by atoms with Crippen LogP contribution in [0.15, 0.2) is 24.3 Å². The molecule has 0 saturated carbocycles. The van der Waals surface area contributed by atoms with E-state index in [1.165, 1.54) is 0 Å². The molecule has 0 radical (unpaired) electrons. The first-order chi connectivity index (χ1) is 11.7. The number of anilines is 1. The van der Waals surface area contributed by atoms with Crippen molar-refractivity contribution in [1.82, 2.24) is 10.2 Å². The Morgan fingerprint density at radius 1 is 1.17 bits per heavy atom. The first-order valence-electron chi connectivity index (χ1n) is 8.30. The monoisotopic (exact) mass is 333 g/mol. The highest BCUT2D eigenvalue weighted by molar-refractivity contribution is 5.94. The summed E-state index contributed by atoms with van der Waals surface area (Å²) in [7, 11) is 0. The number of hydrogen-bond acceptors (Lipinski definition) is 5. The van der Waals surface area contributed by atoms with E-state index in [1.807, 2.05) is 29.2 Å². The minimum atomic E-state index is -0.457. The van der Waals surface area contributed by atoms with Crippen LogP contribution in [0.4, 0.5) is 5.69 Å². The molecule has 2 N–H and O–H groups in total. The van der Waals surface area contributed by atoms with Gasteiger partial charge in [0.1, 0.15) is 6.10 Å². The summed E-state index contributed by atoms with van der Waals surface area (Å²) in [4.78, 5) is 26.1. The molecule has 2 amide bonds. The van der Waals surface area contributed by atoms with Gasteiger partial charge in [-0.05, 0) is 17.7 Å². The predicted octanol–water partition coefficient (Wildman–Crippen LogP) is 0.0148. The van der Waals surface area contributed by atoms with E-state index in [0.717, 1.165) is 12.1 Å². The normalized spacial score (nSPS) is 21.3. The fourth-order valence-electron chi connectivity index (χ4n) is 2.76. The fraction of sp³-hybridized carbons (Fsp3) is 0.529. The van der Waals surface area contributed by atoms with Crippen LogP contribution in [0.3, 0.4) is 0 Å². The van der Waals surface area contributed by atoms with Crippen molar-refractivity contribution < 1.29 is 19.1 Å². The van der Waals surface area contributed by atoms with Crippen molar-refractivity contribution in [2.24, 2.45) is 0 Å². The highest BCUT2D eigenvalue weighted by atomic mass is 16.5. The number of amides is 2. The zero-order valence-corrected chi connectivity index (χ0v) is 13.6. The SMILES string of the molecule is O=C(Nc1ccc(CC(=O)N2CCOCC2)cc1)C1CNCCO1. The molecule has 7 heteroatoms. The molecule has 2 fully saturated rings. The van der Waals surface area contributed by atoms with E-state index < -0.39 is 6.10 Å². The third-order valence-corrected chi connectivity index (χ3v) is 4.16. The van der Waals surface area contributed by atoms with E-state index in [1.54, 1.807) is 0 Å². The zero-order chi connectivity index (χ0) is 16.8. The summed E-state index contributed by atoms with van der Waals surface area (Å²) in [6.45, 7) is 4.36. The summed E-state index contributed by atoms with van der Waals surface area (Å²) in [5, 5.41) is 5.97. The van der Waals surface area contributed by atoms with Crippen LogP contribution in [-0.4, -0.2) is 68.8 Å². The molecule has 24 heavy (non-hydrogen) atoms. The highest BCUT2D eigenvalue weighted by Crippen LogP contribution is 2.12. The molecule has 130 valence electrons. The Hall–Kier alpha value is -1.96. The average Bonchev–Trinajstić information content (AvgIpc) is 2.65. The van der Waals surface area contributed by atoms with Gasteiger partial charge in [0.25, 0.3) is 5.91 Å². The number of nitrogens with one attached hydrogen (secondary N) is 2. The van der Waals surface area contributed by atoms with Crippen molar-refractivity contribution in [2.45, 2.75) is 12.5 Å². The average molecular weight is 333 g/mol. The standard InChI is InChI=1S/C17H23N3O4/c21-16(20-6-9-23-10-7-20)11-13-1-3-14(4-2-13)19-17(22)15-12-18-5-8-24-15/h1-4,15,18H,5-12H2,(H,19,22). The van der Waals surface area contributed by atoms with Crippen LogP contribution in [0.25, 0.3) is 0 Å². The van der Waals surface area contributed by atoms with Crippen LogP contribution in [0.1, 0.15) is 5.56 Å². The Labute approximate surface area is 141 Å². The molecule has 2 saturated heterocycles. The smallest absolute Gasteiger partial charge is 0.254 e. The van der Waals surface area contributed by atoms with E-state index in [2.05, 4.69) is 10.6 Å².